The third-order valence-electron chi connectivity index (χ3n) is 5.83. The fourth-order valence-corrected chi connectivity index (χ4v) is 3.91. The fraction of sp³-hybridized carbons (Fsp3) is 0.462. The minimum absolute atomic E-state index is 0.300. The highest BCUT2D eigenvalue weighted by Crippen LogP contribution is 2.35. The number of hydrogen-bond acceptors (Lipinski definition) is 6. The molecule has 0 spiro atoms. The first-order chi connectivity index (χ1) is 15.9. The summed E-state index contributed by atoms with van der Waals surface area (Å²) >= 11 is 0. The van der Waals surface area contributed by atoms with Gasteiger partial charge in [0.25, 0.3) is 0 Å². The van der Waals surface area contributed by atoms with Crippen molar-refractivity contribution < 1.29 is 29.0 Å². The molecular weight excluding hydrogens is 436 g/mol. The van der Waals surface area contributed by atoms with Gasteiger partial charge in [-0.15, -0.1) is 0 Å². The molecule has 2 heterocycles. The van der Waals surface area contributed by atoms with Crippen LogP contribution in [0, 0.1) is 5.41 Å². The van der Waals surface area contributed by atoms with E-state index < -0.39 is 29.2 Å². The Labute approximate surface area is 199 Å². The molecule has 0 unspecified atom stereocenters. The van der Waals surface area contributed by atoms with Crippen molar-refractivity contribution in [2.45, 2.75) is 59.2 Å². The van der Waals surface area contributed by atoms with Crippen LogP contribution in [0.1, 0.15) is 64.8 Å². The van der Waals surface area contributed by atoms with Gasteiger partial charge in [0.15, 0.2) is 0 Å². The van der Waals surface area contributed by atoms with Crippen LogP contribution in [0.2, 0.25) is 0 Å². The number of aliphatic carboxylic acids is 1. The topological polar surface area (TPSA) is 106 Å². The number of hydrogen-bond donors (Lipinski definition) is 1. The van der Waals surface area contributed by atoms with Gasteiger partial charge >= 0.3 is 18.0 Å². The van der Waals surface area contributed by atoms with Crippen molar-refractivity contribution in [1.29, 1.82) is 0 Å². The molecule has 1 amide bonds. The normalized spacial score (nSPS) is 16.9. The molecule has 182 valence electrons. The Morgan fingerprint density at radius 2 is 1.79 bits per heavy atom. The number of carboxylic acids is 1. The molecule has 0 radical (unpaired) electrons. The van der Waals surface area contributed by atoms with Gasteiger partial charge in [-0.25, -0.2) is 9.78 Å². The van der Waals surface area contributed by atoms with E-state index in [4.69, 9.17) is 9.47 Å². The number of pyridine rings is 1. The van der Waals surface area contributed by atoms with Crippen LogP contribution in [0.25, 0.3) is 17.0 Å². The third kappa shape index (κ3) is 6.12. The van der Waals surface area contributed by atoms with Crippen LogP contribution in [-0.4, -0.2) is 51.7 Å². The summed E-state index contributed by atoms with van der Waals surface area (Å²) in [5.41, 5.74) is 0.515. The highest BCUT2D eigenvalue weighted by Gasteiger charge is 2.41. The van der Waals surface area contributed by atoms with E-state index in [0.717, 1.165) is 16.5 Å². The second kappa shape index (κ2) is 9.83. The van der Waals surface area contributed by atoms with E-state index in [-0.39, 0.29) is 5.97 Å². The van der Waals surface area contributed by atoms with E-state index in [9.17, 15) is 19.5 Å². The first-order valence-electron chi connectivity index (χ1n) is 11.4. The molecular formula is C26H32N2O6. The van der Waals surface area contributed by atoms with Gasteiger partial charge in [-0.3, -0.25) is 9.59 Å². The Hall–Kier alpha value is -3.42. The van der Waals surface area contributed by atoms with E-state index in [1.807, 2.05) is 30.3 Å². The lowest BCUT2D eigenvalue weighted by Crippen LogP contribution is -2.47. The fourth-order valence-electron chi connectivity index (χ4n) is 3.91. The minimum Gasteiger partial charge on any atom is -0.481 e. The molecule has 34 heavy (non-hydrogen) atoms. The Morgan fingerprint density at radius 3 is 2.38 bits per heavy atom. The zero-order valence-electron chi connectivity index (χ0n) is 20.3. The lowest BCUT2D eigenvalue weighted by atomic mass is 9.78. The van der Waals surface area contributed by atoms with Crippen LogP contribution in [0.3, 0.4) is 0 Å². The number of rotatable bonds is 5. The van der Waals surface area contributed by atoms with Crippen molar-refractivity contribution in [2.75, 3.05) is 13.1 Å². The van der Waals surface area contributed by atoms with Crippen LogP contribution < -0.4 is 0 Å². The number of nitrogens with zero attached hydrogens (tertiary/aromatic N) is 2. The first-order valence-corrected chi connectivity index (χ1v) is 11.4. The molecule has 8 nitrogen and oxygen atoms in total. The molecule has 1 aromatic heterocycles. The molecule has 1 aliphatic rings. The van der Waals surface area contributed by atoms with Gasteiger partial charge in [-0.2, -0.15) is 0 Å². The molecule has 8 heteroatoms. The van der Waals surface area contributed by atoms with Crippen molar-refractivity contribution >= 4 is 35.0 Å². The molecule has 0 aliphatic carbocycles. The van der Waals surface area contributed by atoms with E-state index in [0.29, 0.717) is 31.6 Å². The monoisotopic (exact) mass is 468 g/mol. The Kier molecular flexibility index (Phi) is 7.29. The Morgan fingerprint density at radius 1 is 1.15 bits per heavy atom. The van der Waals surface area contributed by atoms with Crippen LogP contribution in [-0.2, 0) is 19.1 Å². The minimum atomic E-state index is -1.06. The summed E-state index contributed by atoms with van der Waals surface area (Å²) in [5.74, 6) is -1.29. The highest BCUT2D eigenvalue weighted by atomic mass is 16.6. The van der Waals surface area contributed by atoms with Gasteiger partial charge in [0.2, 0.25) is 0 Å². The molecule has 0 bridgehead atoms. The number of fused-ring (bicyclic) bond motifs is 1. The van der Waals surface area contributed by atoms with Crippen LogP contribution in [0.4, 0.5) is 4.79 Å². The number of aromatic nitrogens is 1. The summed E-state index contributed by atoms with van der Waals surface area (Å²) in [4.78, 5) is 41.9. The van der Waals surface area contributed by atoms with Crippen LogP contribution in [0.15, 0.2) is 36.4 Å². The molecule has 1 atom stereocenters. The SMILES string of the molecule is CC(=O)O[C@H](C)c1ccc2ccc(C=CC3(C(=O)O)CCN(C(=O)OC(C)(C)C)CC3)cc2n1. The summed E-state index contributed by atoms with van der Waals surface area (Å²) in [6.45, 7) is 9.15. The number of likely N-dealkylation sites (tertiary alicyclic amines) is 1. The highest BCUT2D eigenvalue weighted by molar-refractivity contribution is 5.83. The molecule has 3 rings (SSSR count). The van der Waals surface area contributed by atoms with Gasteiger partial charge < -0.3 is 19.5 Å². The van der Waals surface area contributed by atoms with Gasteiger partial charge in [0.05, 0.1) is 16.6 Å². The summed E-state index contributed by atoms with van der Waals surface area (Å²) in [6.07, 6.45) is 3.22. The van der Waals surface area contributed by atoms with Crippen molar-refractivity contribution in [2.24, 2.45) is 5.41 Å². The third-order valence-corrected chi connectivity index (χ3v) is 5.83. The first kappa shape index (κ1) is 25.2. The quantitative estimate of drug-likeness (QED) is 0.617. The number of amides is 1. The number of esters is 1. The van der Waals surface area contributed by atoms with Gasteiger partial charge in [-0.05, 0) is 58.2 Å². The number of carboxylic acid groups (broad SMARTS) is 1. The number of carbonyl (C=O) groups is 3. The largest absolute Gasteiger partial charge is 0.481 e. The van der Waals surface area contributed by atoms with Gasteiger partial charge in [0, 0.05) is 25.4 Å². The molecule has 1 fully saturated rings. The Balaban J connectivity index is 1.77. The average molecular weight is 469 g/mol. The maximum Gasteiger partial charge on any atom is 0.410 e. The van der Waals surface area contributed by atoms with E-state index in [1.54, 1.807) is 44.7 Å². The maximum atomic E-state index is 12.3. The van der Waals surface area contributed by atoms with Crippen molar-refractivity contribution in [3.05, 3.63) is 47.7 Å². The zero-order chi connectivity index (χ0) is 25.1. The van der Waals surface area contributed by atoms with Gasteiger partial charge in [0.1, 0.15) is 11.7 Å². The number of carbonyl (C=O) groups excluding carboxylic acids is 2. The van der Waals surface area contributed by atoms with Crippen molar-refractivity contribution in [3.8, 4) is 0 Å². The number of piperidine rings is 1. The number of benzene rings is 1. The lowest BCUT2D eigenvalue weighted by molar-refractivity contribution is -0.148. The van der Waals surface area contributed by atoms with Gasteiger partial charge in [-0.1, -0.05) is 30.4 Å². The summed E-state index contributed by atoms with van der Waals surface area (Å²) in [6, 6.07) is 9.43. The molecule has 1 aromatic carbocycles. The van der Waals surface area contributed by atoms with Crippen LogP contribution >= 0.6 is 0 Å². The second-order valence-electron chi connectivity index (χ2n) is 9.70. The average Bonchev–Trinajstić information content (AvgIpc) is 2.75. The summed E-state index contributed by atoms with van der Waals surface area (Å²) in [7, 11) is 0. The maximum absolute atomic E-state index is 12.3. The molecule has 1 saturated heterocycles. The van der Waals surface area contributed by atoms with E-state index >= 15 is 0 Å². The van der Waals surface area contributed by atoms with Crippen LogP contribution in [0.5, 0.6) is 0 Å². The molecule has 0 saturated carbocycles. The smallest absolute Gasteiger partial charge is 0.410 e. The van der Waals surface area contributed by atoms with Crippen molar-refractivity contribution in [1.82, 2.24) is 9.88 Å². The molecule has 1 N–H and O–H groups in total. The standard InChI is InChI=1S/C26H32N2O6/c1-17(33-18(2)29)21-9-8-20-7-6-19(16-22(20)27-21)10-11-26(23(30)31)12-14-28(15-13-26)24(32)34-25(3,4)5/h6-11,16-17H,12-15H2,1-5H3,(H,30,31)/t17-/m1/s1. The summed E-state index contributed by atoms with van der Waals surface area (Å²) < 4.78 is 10.6. The summed E-state index contributed by atoms with van der Waals surface area (Å²) in [5, 5.41) is 10.9. The number of ether oxygens (including phenoxy) is 2. The zero-order valence-corrected chi connectivity index (χ0v) is 20.3. The predicted molar refractivity (Wildman–Crippen MR) is 128 cm³/mol. The second-order valence-corrected chi connectivity index (χ2v) is 9.70. The lowest BCUT2D eigenvalue weighted by Gasteiger charge is -2.37. The van der Waals surface area contributed by atoms with Crippen molar-refractivity contribution in [3.63, 3.8) is 0 Å². The predicted octanol–water partition coefficient (Wildman–Crippen LogP) is 4.97. The molecule has 1 aliphatic heterocycles. The van der Waals surface area contributed by atoms with E-state index in [1.165, 1.54) is 6.92 Å². The molecule has 2 aromatic rings. The Bertz CT molecular complexity index is 1110. The van der Waals surface area contributed by atoms with E-state index in [2.05, 4.69) is 4.98 Å².